The molecule has 0 atom stereocenters. The maximum Gasteiger partial charge on any atom is 0.201 e. The van der Waals surface area contributed by atoms with Gasteiger partial charge in [0.2, 0.25) is 5.36 Å². The lowest BCUT2D eigenvalue weighted by molar-refractivity contribution is -0.00000587. The molecule has 158 valence electrons. The predicted molar refractivity (Wildman–Crippen MR) is 125 cm³/mol. The third kappa shape index (κ3) is 5.70. The van der Waals surface area contributed by atoms with Crippen LogP contribution >= 0.6 is 11.3 Å². The molecule has 0 spiro atoms. The molecule has 0 amide bonds. The van der Waals surface area contributed by atoms with Gasteiger partial charge in [-0.2, -0.15) is 0 Å². The van der Waals surface area contributed by atoms with Crippen molar-refractivity contribution in [2.75, 3.05) is 31.1 Å². The number of hydrogen-bond donors (Lipinski definition) is 0. The first-order valence-electron chi connectivity index (χ1n) is 10.9. The van der Waals surface area contributed by atoms with Gasteiger partial charge in [0.05, 0.1) is 20.8 Å². The van der Waals surface area contributed by atoms with E-state index in [2.05, 4.69) is 73.6 Å². The molecule has 1 aromatic carbocycles. The summed E-state index contributed by atoms with van der Waals surface area (Å²) in [7, 11) is 0. The van der Waals surface area contributed by atoms with E-state index in [1.807, 2.05) is 11.3 Å². The molecule has 29 heavy (non-hydrogen) atoms. The highest BCUT2D eigenvalue weighted by atomic mass is 35.5. The molecule has 0 unspecified atom stereocenters. The SMILES string of the molecule is CCCN(CCC)c1ccc2nc3ccc(=[N+](CCC)CCC)cc-3sc2c1.[Cl-]. The van der Waals surface area contributed by atoms with Crippen molar-refractivity contribution in [1.29, 1.82) is 0 Å². The topological polar surface area (TPSA) is 19.1 Å². The van der Waals surface area contributed by atoms with Crippen LogP contribution in [-0.4, -0.2) is 31.2 Å². The van der Waals surface area contributed by atoms with Crippen molar-refractivity contribution >= 4 is 27.2 Å². The van der Waals surface area contributed by atoms with Gasteiger partial charge < -0.3 is 17.3 Å². The summed E-state index contributed by atoms with van der Waals surface area (Å²) >= 11 is 1.87. The number of fused-ring (bicyclic) bond motifs is 2. The van der Waals surface area contributed by atoms with E-state index in [0.717, 1.165) is 37.4 Å². The third-order valence-corrected chi connectivity index (χ3v) is 6.15. The first kappa shape index (κ1) is 23.6. The number of anilines is 1. The molecule has 0 saturated heterocycles. The van der Waals surface area contributed by atoms with Crippen LogP contribution in [0.15, 0.2) is 36.4 Å². The Labute approximate surface area is 185 Å². The number of halogens is 1. The molecule has 0 fully saturated rings. The summed E-state index contributed by atoms with van der Waals surface area (Å²) in [4.78, 5) is 8.71. The molecule has 1 aliphatic carbocycles. The summed E-state index contributed by atoms with van der Waals surface area (Å²) in [5, 5.41) is 1.32. The fourth-order valence-corrected chi connectivity index (χ4v) is 4.85. The van der Waals surface area contributed by atoms with E-state index in [9.17, 15) is 0 Å². The normalized spacial score (nSPS) is 10.9. The van der Waals surface area contributed by atoms with E-state index in [0.29, 0.717) is 0 Å². The van der Waals surface area contributed by atoms with Crippen molar-refractivity contribution in [2.45, 2.75) is 53.4 Å². The summed E-state index contributed by atoms with van der Waals surface area (Å²) in [6.07, 6.45) is 4.69. The van der Waals surface area contributed by atoms with Gasteiger partial charge in [-0.05, 0) is 37.1 Å². The van der Waals surface area contributed by atoms with E-state index in [4.69, 9.17) is 4.98 Å². The molecule has 0 bridgehead atoms. The number of rotatable bonds is 9. The lowest BCUT2D eigenvalue weighted by Gasteiger charge is -2.24. The standard InChI is InChI=1S/C24H34N3S.ClH/c1-5-13-26(14-6-2)19-9-11-21-23(17-19)28-24-18-20(10-12-22(24)25-21)27(15-7-3)16-8-4;/h9-12,17-18H,5-8,13-16H2,1-4H3;1H/q+1;/p-1. The van der Waals surface area contributed by atoms with Gasteiger partial charge in [0.15, 0.2) is 0 Å². The Kier molecular flexibility index (Phi) is 9.38. The molecule has 0 radical (unpaired) electrons. The van der Waals surface area contributed by atoms with E-state index >= 15 is 0 Å². The maximum atomic E-state index is 4.94. The molecule has 1 aliphatic heterocycles. The van der Waals surface area contributed by atoms with Gasteiger partial charge in [0, 0.05) is 43.8 Å². The zero-order valence-electron chi connectivity index (χ0n) is 18.2. The first-order chi connectivity index (χ1) is 13.7. The lowest BCUT2D eigenvalue weighted by Crippen LogP contribution is -3.00. The molecular weight excluding hydrogens is 398 g/mol. The Bertz CT molecular complexity index is 936. The molecule has 3 rings (SSSR count). The van der Waals surface area contributed by atoms with Crippen LogP contribution in [0.5, 0.6) is 0 Å². The maximum absolute atomic E-state index is 4.94. The van der Waals surface area contributed by atoms with Crippen LogP contribution in [0.2, 0.25) is 0 Å². The molecule has 1 aromatic rings. The van der Waals surface area contributed by atoms with Crippen LogP contribution < -0.4 is 27.2 Å². The van der Waals surface area contributed by atoms with Gasteiger partial charge in [-0.1, -0.05) is 27.7 Å². The average Bonchev–Trinajstić information content (AvgIpc) is 2.71. The first-order valence-corrected chi connectivity index (χ1v) is 11.7. The monoisotopic (exact) mass is 431 g/mol. The van der Waals surface area contributed by atoms with Gasteiger partial charge in [0.1, 0.15) is 13.1 Å². The van der Waals surface area contributed by atoms with Crippen molar-refractivity contribution in [3.8, 4) is 10.6 Å². The quantitative estimate of drug-likeness (QED) is 0.383. The summed E-state index contributed by atoms with van der Waals surface area (Å²) in [5.74, 6) is 0. The van der Waals surface area contributed by atoms with Crippen LogP contribution in [0.3, 0.4) is 0 Å². The molecule has 0 N–H and O–H groups in total. The Hall–Kier alpha value is -1.65. The third-order valence-electron chi connectivity index (χ3n) is 5.05. The predicted octanol–water partition coefficient (Wildman–Crippen LogP) is 2.62. The van der Waals surface area contributed by atoms with E-state index in [1.54, 1.807) is 0 Å². The second-order valence-electron chi connectivity index (χ2n) is 7.49. The Morgan fingerprint density at radius 3 is 2.17 bits per heavy atom. The average molecular weight is 432 g/mol. The van der Waals surface area contributed by atoms with Crippen LogP contribution in [0.4, 0.5) is 5.69 Å². The molecular formula is C24H34ClN3S. The van der Waals surface area contributed by atoms with Gasteiger partial charge in [-0.25, -0.2) is 9.56 Å². The molecule has 2 aliphatic rings. The zero-order chi connectivity index (χ0) is 19.9. The van der Waals surface area contributed by atoms with Crippen molar-refractivity contribution < 1.29 is 12.4 Å². The van der Waals surface area contributed by atoms with Crippen molar-refractivity contribution in [3.63, 3.8) is 0 Å². The van der Waals surface area contributed by atoms with Gasteiger partial charge >= 0.3 is 0 Å². The molecule has 0 saturated carbocycles. The number of hydrogen-bond acceptors (Lipinski definition) is 3. The Morgan fingerprint density at radius 1 is 0.862 bits per heavy atom. The van der Waals surface area contributed by atoms with Crippen molar-refractivity contribution in [1.82, 2.24) is 9.56 Å². The largest absolute Gasteiger partial charge is 1.00 e. The summed E-state index contributed by atoms with van der Waals surface area (Å²) in [5.41, 5.74) is 3.52. The van der Waals surface area contributed by atoms with E-state index < -0.39 is 0 Å². The summed E-state index contributed by atoms with van der Waals surface area (Å²) < 4.78 is 3.77. The van der Waals surface area contributed by atoms with Crippen molar-refractivity contribution in [2.24, 2.45) is 0 Å². The minimum atomic E-state index is 0. The van der Waals surface area contributed by atoms with Crippen LogP contribution in [0, 0.1) is 0 Å². The highest BCUT2D eigenvalue weighted by molar-refractivity contribution is 7.21. The number of aromatic nitrogens is 1. The van der Waals surface area contributed by atoms with Gasteiger partial charge in [-0.15, -0.1) is 11.3 Å². The van der Waals surface area contributed by atoms with E-state index in [1.165, 1.54) is 46.3 Å². The van der Waals surface area contributed by atoms with Crippen LogP contribution in [-0.2, 0) is 0 Å². The minimum Gasteiger partial charge on any atom is -1.00 e. The van der Waals surface area contributed by atoms with Gasteiger partial charge in [0.25, 0.3) is 0 Å². The van der Waals surface area contributed by atoms with Crippen molar-refractivity contribution in [3.05, 3.63) is 41.8 Å². The van der Waals surface area contributed by atoms with Crippen LogP contribution in [0.1, 0.15) is 53.4 Å². The lowest BCUT2D eigenvalue weighted by atomic mass is 10.2. The zero-order valence-corrected chi connectivity index (χ0v) is 19.8. The minimum absolute atomic E-state index is 0. The molecule has 5 heteroatoms. The van der Waals surface area contributed by atoms with Gasteiger partial charge in [-0.3, -0.25) is 0 Å². The second kappa shape index (κ2) is 11.5. The Morgan fingerprint density at radius 2 is 1.55 bits per heavy atom. The fraction of sp³-hybridized carbons (Fsp3) is 0.500. The number of nitrogens with zero attached hydrogens (tertiary/aromatic N) is 3. The second-order valence-corrected chi connectivity index (χ2v) is 8.58. The molecule has 0 aromatic heterocycles. The summed E-state index contributed by atoms with van der Waals surface area (Å²) in [6.45, 7) is 13.4. The fourth-order valence-electron chi connectivity index (χ4n) is 3.82. The molecule has 1 heterocycles. The highest BCUT2D eigenvalue weighted by Crippen LogP contribution is 2.32. The number of benzene rings is 2. The molecule has 3 nitrogen and oxygen atoms in total. The van der Waals surface area contributed by atoms with E-state index in [-0.39, 0.29) is 12.4 Å². The highest BCUT2D eigenvalue weighted by Gasteiger charge is 2.12. The summed E-state index contributed by atoms with van der Waals surface area (Å²) in [6, 6.07) is 13.5. The smallest absolute Gasteiger partial charge is 0.201 e. The van der Waals surface area contributed by atoms with Crippen LogP contribution in [0.25, 0.3) is 20.8 Å². The Balaban J connectivity index is 0.00000300.